The summed E-state index contributed by atoms with van der Waals surface area (Å²) >= 11 is 0. The van der Waals surface area contributed by atoms with Gasteiger partial charge in [0.25, 0.3) is 0 Å². The minimum Gasteiger partial charge on any atom is -0.385 e. The van der Waals surface area contributed by atoms with Crippen LogP contribution in [-0.4, -0.2) is 17.0 Å². The molecular weight excluding hydrogens is 236 g/mol. The molecule has 0 heterocycles. The maximum absolute atomic E-state index is 11.9. The van der Waals surface area contributed by atoms with Gasteiger partial charge in [0, 0.05) is 6.42 Å². The monoisotopic (exact) mass is 270 g/mol. The maximum Gasteiger partial charge on any atom is 0.161 e. The van der Waals surface area contributed by atoms with Crippen LogP contribution in [0.4, 0.5) is 0 Å². The van der Waals surface area contributed by atoms with Crippen LogP contribution in [0.1, 0.15) is 91.4 Å². The third kappa shape index (κ3) is 9.21. The van der Waals surface area contributed by atoms with Crippen molar-refractivity contribution in [2.45, 2.75) is 97.5 Å². The number of hydrogen-bond donors (Lipinski definition) is 1. The molecule has 0 aromatic heterocycles. The SMILES string of the molecule is CCCCCCC(=O)C(O)C(CC)CCCCCC. The number of rotatable bonds is 13. The third-order valence-electron chi connectivity index (χ3n) is 4.01. The van der Waals surface area contributed by atoms with Crippen LogP contribution in [0, 0.1) is 5.92 Å². The molecule has 0 radical (unpaired) electrons. The average molecular weight is 270 g/mol. The molecular formula is C17H34O2. The summed E-state index contributed by atoms with van der Waals surface area (Å²) in [5.41, 5.74) is 0. The van der Waals surface area contributed by atoms with E-state index < -0.39 is 6.10 Å². The molecule has 114 valence electrons. The molecule has 0 rings (SSSR count). The van der Waals surface area contributed by atoms with Crippen molar-refractivity contribution in [3.63, 3.8) is 0 Å². The van der Waals surface area contributed by atoms with Crippen LogP contribution in [0.25, 0.3) is 0 Å². The first-order valence-electron chi connectivity index (χ1n) is 8.38. The molecule has 1 N–H and O–H groups in total. The summed E-state index contributed by atoms with van der Waals surface area (Å²) < 4.78 is 0. The van der Waals surface area contributed by atoms with Crippen molar-refractivity contribution in [1.29, 1.82) is 0 Å². The third-order valence-corrected chi connectivity index (χ3v) is 4.01. The molecule has 2 heteroatoms. The smallest absolute Gasteiger partial charge is 0.161 e. The Balaban J connectivity index is 3.89. The quantitative estimate of drug-likeness (QED) is 0.484. The van der Waals surface area contributed by atoms with Gasteiger partial charge in [-0.3, -0.25) is 4.79 Å². The van der Waals surface area contributed by atoms with Gasteiger partial charge >= 0.3 is 0 Å². The molecule has 0 saturated carbocycles. The molecule has 19 heavy (non-hydrogen) atoms. The van der Waals surface area contributed by atoms with E-state index in [1.165, 1.54) is 32.1 Å². The van der Waals surface area contributed by atoms with E-state index in [1.54, 1.807) is 0 Å². The predicted octanol–water partition coefficient (Wildman–Crippen LogP) is 4.88. The normalized spacial score (nSPS) is 14.3. The summed E-state index contributed by atoms with van der Waals surface area (Å²) in [6.07, 6.45) is 11.1. The molecule has 0 spiro atoms. The van der Waals surface area contributed by atoms with Crippen molar-refractivity contribution in [1.82, 2.24) is 0 Å². The molecule has 0 aliphatic heterocycles. The Morgan fingerprint density at radius 3 is 2.00 bits per heavy atom. The molecule has 0 saturated heterocycles. The lowest BCUT2D eigenvalue weighted by molar-refractivity contribution is -0.130. The Morgan fingerprint density at radius 2 is 1.47 bits per heavy atom. The molecule has 2 atom stereocenters. The van der Waals surface area contributed by atoms with Crippen molar-refractivity contribution in [2.75, 3.05) is 0 Å². The van der Waals surface area contributed by atoms with Crippen LogP contribution in [0.2, 0.25) is 0 Å². The molecule has 2 unspecified atom stereocenters. The topological polar surface area (TPSA) is 37.3 Å². The fraction of sp³-hybridized carbons (Fsp3) is 0.941. The van der Waals surface area contributed by atoms with Crippen molar-refractivity contribution in [3.05, 3.63) is 0 Å². The highest BCUT2D eigenvalue weighted by Gasteiger charge is 2.23. The van der Waals surface area contributed by atoms with E-state index in [9.17, 15) is 9.90 Å². The van der Waals surface area contributed by atoms with Crippen LogP contribution < -0.4 is 0 Å². The average Bonchev–Trinajstić information content (AvgIpc) is 2.43. The van der Waals surface area contributed by atoms with Gasteiger partial charge in [0.2, 0.25) is 0 Å². The minimum absolute atomic E-state index is 0.0680. The Morgan fingerprint density at radius 1 is 0.895 bits per heavy atom. The van der Waals surface area contributed by atoms with E-state index in [4.69, 9.17) is 0 Å². The number of carbonyl (C=O) groups is 1. The van der Waals surface area contributed by atoms with Crippen LogP contribution in [-0.2, 0) is 4.79 Å². The second-order valence-corrected chi connectivity index (χ2v) is 5.74. The standard InChI is InChI=1S/C17H34O2/c1-4-7-9-11-13-15(6-3)17(19)16(18)14-12-10-8-5-2/h15,17,19H,4-14H2,1-3H3. The van der Waals surface area contributed by atoms with E-state index >= 15 is 0 Å². The zero-order valence-electron chi connectivity index (χ0n) is 13.3. The van der Waals surface area contributed by atoms with Crippen molar-refractivity contribution in [2.24, 2.45) is 5.92 Å². The fourth-order valence-corrected chi connectivity index (χ4v) is 2.56. The van der Waals surface area contributed by atoms with Gasteiger partial charge in [-0.05, 0) is 18.8 Å². The summed E-state index contributed by atoms with van der Waals surface area (Å²) in [4.78, 5) is 11.9. The minimum atomic E-state index is -0.715. The number of ketones is 1. The first-order valence-corrected chi connectivity index (χ1v) is 8.38. The molecule has 0 aromatic carbocycles. The van der Waals surface area contributed by atoms with E-state index in [-0.39, 0.29) is 11.7 Å². The zero-order valence-corrected chi connectivity index (χ0v) is 13.3. The Labute approximate surface area is 120 Å². The van der Waals surface area contributed by atoms with Crippen LogP contribution in [0.3, 0.4) is 0 Å². The molecule has 0 aliphatic rings. The molecule has 0 bridgehead atoms. The van der Waals surface area contributed by atoms with Gasteiger partial charge in [-0.15, -0.1) is 0 Å². The van der Waals surface area contributed by atoms with Gasteiger partial charge in [-0.1, -0.05) is 72.1 Å². The van der Waals surface area contributed by atoms with Crippen molar-refractivity contribution in [3.8, 4) is 0 Å². The summed E-state index contributed by atoms with van der Waals surface area (Å²) in [5, 5.41) is 10.1. The Kier molecular flexibility index (Phi) is 12.4. The van der Waals surface area contributed by atoms with Gasteiger partial charge in [0.15, 0.2) is 5.78 Å². The Bertz CT molecular complexity index is 213. The van der Waals surface area contributed by atoms with Crippen LogP contribution in [0.5, 0.6) is 0 Å². The first-order chi connectivity index (χ1) is 9.17. The van der Waals surface area contributed by atoms with Gasteiger partial charge in [-0.25, -0.2) is 0 Å². The number of Topliss-reactive ketones (excluding diaryl/α,β-unsaturated/α-hetero) is 1. The van der Waals surface area contributed by atoms with Gasteiger partial charge in [-0.2, -0.15) is 0 Å². The highest BCUT2D eigenvalue weighted by Crippen LogP contribution is 2.20. The van der Waals surface area contributed by atoms with E-state index in [2.05, 4.69) is 20.8 Å². The molecule has 0 amide bonds. The summed E-state index contributed by atoms with van der Waals surface area (Å²) in [6, 6.07) is 0. The lowest BCUT2D eigenvalue weighted by atomic mass is 9.89. The fourth-order valence-electron chi connectivity index (χ4n) is 2.56. The van der Waals surface area contributed by atoms with E-state index in [1.807, 2.05) is 0 Å². The van der Waals surface area contributed by atoms with Crippen molar-refractivity contribution >= 4 is 5.78 Å². The number of unbranched alkanes of at least 4 members (excludes halogenated alkanes) is 6. The lowest BCUT2D eigenvalue weighted by Crippen LogP contribution is -2.29. The van der Waals surface area contributed by atoms with Gasteiger partial charge in [0.1, 0.15) is 6.10 Å². The molecule has 0 aromatic rings. The highest BCUT2D eigenvalue weighted by molar-refractivity contribution is 5.83. The number of carbonyl (C=O) groups excluding carboxylic acids is 1. The predicted molar refractivity (Wildman–Crippen MR) is 82.3 cm³/mol. The second-order valence-electron chi connectivity index (χ2n) is 5.74. The molecule has 0 fully saturated rings. The first kappa shape index (κ1) is 18.6. The summed E-state index contributed by atoms with van der Waals surface area (Å²) in [6.45, 7) is 6.45. The van der Waals surface area contributed by atoms with Crippen molar-refractivity contribution < 1.29 is 9.90 Å². The van der Waals surface area contributed by atoms with Crippen LogP contribution >= 0.6 is 0 Å². The van der Waals surface area contributed by atoms with Gasteiger partial charge in [0.05, 0.1) is 0 Å². The maximum atomic E-state index is 11.9. The van der Waals surface area contributed by atoms with Gasteiger partial charge < -0.3 is 5.11 Å². The summed E-state index contributed by atoms with van der Waals surface area (Å²) in [7, 11) is 0. The second kappa shape index (κ2) is 12.7. The number of hydrogen-bond acceptors (Lipinski definition) is 2. The van der Waals surface area contributed by atoms with E-state index in [0.717, 1.165) is 32.1 Å². The largest absolute Gasteiger partial charge is 0.385 e. The molecule has 2 nitrogen and oxygen atoms in total. The van der Waals surface area contributed by atoms with Crippen LogP contribution in [0.15, 0.2) is 0 Å². The molecule has 0 aliphatic carbocycles. The highest BCUT2D eigenvalue weighted by atomic mass is 16.3. The Hall–Kier alpha value is -0.370. The number of aliphatic hydroxyl groups excluding tert-OH is 1. The lowest BCUT2D eigenvalue weighted by Gasteiger charge is -2.20. The zero-order chi connectivity index (χ0) is 14.5. The van der Waals surface area contributed by atoms with E-state index in [0.29, 0.717) is 6.42 Å². The summed E-state index contributed by atoms with van der Waals surface area (Å²) in [5.74, 6) is 0.244. The number of aliphatic hydroxyl groups is 1.